The van der Waals surface area contributed by atoms with Gasteiger partial charge in [-0.05, 0) is 25.8 Å². The van der Waals surface area contributed by atoms with E-state index in [2.05, 4.69) is 5.32 Å². The van der Waals surface area contributed by atoms with Gasteiger partial charge in [0.25, 0.3) is 0 Å². The summed E-state index contributed by atoms with van der Waals surface area (Å²) in [4.78, 5) is 12.1. The van der Waals surface area contributed by atoms with E-state index in [0.717, 1.165) is 32.1 Å². The summed E-state index contributed by atoms with van der Waals surface area (Å²) in [5.41, 5.74) is 10.9. The van der Waals surface area contributed by atoms with Crippen LogP contribution in [-0.4, -0.2) is 25.5 Å². The molecule has 1 amide bonds. The Bertz CT molecular complexity index is 210. The molecule has 0 aromatic rings. The number of nitrogens with one attached hydrogen (secondary N) is 1. The monoisotopic (exact) mass is 227 g/mol. The topological polar surface area (TPSA) is 81.1 Å². The van der Waals surface area contributed by atoms with Gasteiger partial charge in [-0.25, -0.2) is 0 Å². The number of rotatable bonds is 5. The van der Waals surface area contributed by atoms with E-state index >= 15 is 0 Å². The number of nitrogens with two attached hydrogens (primary N) is 2. The average molecular weight is 227 g/mol. The Balaban J connectivity index is 2.51. The van der Waals surface area contributed by atoms with E-state index in [1.165, 1.54) is 12.8 Å². The Hall–Kier alpha value is -0.610. The van der Waals surface area contributed by atoms with Crippen LogP contribution in [0.5, 0.6) is 0 Å². The van der Waals surface area contributed by atoms with Crippen molar-refractivity contribution in [1.29, 1.82) is 0 Å². The number of carbonyl (C=O) groups excluding carboxylic acids is 1. The highest BCUT2D eigenvalue weighted by Crippen LogP contribution is 2.34. The van der Waals surface area contributed by atoms with Crippen LogP contribution in [-0.2, 0) is 4.79 Å². The Morgan fingerprint density at radius 3 is 2.25 bits per heavy atom. The average Bonchev–Trinajstić information content (AvgIpc) is 2.55. The number of hydrogen-bond acceptors (Lipinski definition) is 3. The normalized spacial score (nSPS) is 20.1. The van der Waals surface area contributed by atoms with Gasteiger partial charge in [-0.15, -0.1) is 0 Å². The minimum absolute atomic E-state index is 0.144. The van der Waals surface area contributed by atoms with Gasteiger partial charge in [0.15, 0.2) is 0 Å². The molecule has 0 heterocycles. The summed E-state index contributed by atoms with van der Waals surface area (Å²) >= 11 is 0. The van der Waals surface area contributed by atoms with Crippen molar-refractivity contribution >= 4 is 5.91 Å². The zero-order valence-electron chi connectivity index (χ0n) is 10.1. The van der Waals surface area contributed by atoms with Gasteiger partial charge in [0, 0.05) is 13.1 Å². The van der Waals surface area contributed by atoms with Crippen LogP contribution >= 0.6 is 0 Å². The quantitative estimate of drug-likeness (QED) is 0.479. The van der Waals surface area contributed by atoms with Crippen LogP contribution in [0.4, 0.5) is 0 Å². The van der Waals surface area contributed by atoms with Crippen molar-refractivity contribution in [2.75, 3.05) is 19.6 Å². The highest BCUT2D eigenvalue weighted by atomic mass is 16.2. The van der Waals surface area contributed by atoms with E-state index in [1.54, 1.807) is 0 Å². The first-order chi connectivity index (χ1) is 7.75. The molecule has 1 rings (SSSR count). The lowest BCUT2D eigenvalue weighted by atomic mass is 9.79. The molecule has 0 unspecified atom stereocenters. The van der Waals surface area contributed by atoms with Gasteiger partial charge in [0.2, 0.25) is 5.91 Å². The number of amides is 1. The van der Waals surface area contributed by atoms with Crippen molar-refractivity contribution in [2.24, 2.45) is 16.9 Å². The lowest BCUT2D eigenvalue weighted by Gasteiger charge is -2.29. The molecule has 0 aromatic carbocycles. The van der Waals surface area contributed by atoms with Crippen LogP contribution in [0.1, 0.15) is 44.9 Å². The van der Waals surface area contributed by atoms with Crippen molar-refractivity contribution < 1.29 is 4.79 Å². The van der Waals surface area contributed by atoms with E-state index in [4.69, 9.17) is 11.5 Å². The van der Waals surface area contributed by atoms with Gasteiger partial charge >= 0.3 is 0 Å². The fourth-order valence-corrected chi connectivity index (χ4v) is 2.42. The molecule has 0 aromatic heterocycles. The van der Waals surface area contributed by atoms with Crippen LogP contribution in [0.3, 0.4) is 0 Å². The molecule has 0 spiro atoms. The van der Waals surface area contributed by atoms with Gasteiger partial charge in [0.05, 0.1) is 5.41 Å². The van der Waals surface area contributed by atoms with Crippen molar-refractivity contribution in [3.05, 3.63) is 0 Å². The van der Waals surface area contributed by atoms with Crippen molar-refractivity contribution in [3.8, 4) is 0 Å². The second kappa shape index (κ2) is 6.86. The summed E-state index contributed by atoms with van der Waals surface area (Å²) in [6.07, 6.45) is 7.45. The lowest BCUT2D eigenvalue weighted by Crippen LogP contribution is -2.46. The lowest BCUT2D eigenvalue weighted by molar-refractivity contribution is -0.131. The van der Waals surface area contributed by atoms with Crippen molar-refractivity contribution in [1.82, 2.24) is 5.32 Å². The third-order valence-corrected chi connectivity index (χ3v) is 3.60. The van der Waals surface area contributed by atoms with Crippen molar-refractivity contribution in [2.45, 2.75) is 44.9 Å². The molecule has 0 aliphatic heterocycles. The zero-order valence-corrected chi connectivity index (χ0v) is 10.1. The predicted molar refractivity (Wildman–Crippen MR) is 65.9 cm³/mol. The fourth-order valence-electron chi connectivity index (χ4n) is 2.42. The second-order valence-corrected chi connectivity index (χ2v) is 4.80. The van der Waals surface area contributed by atoms with E-state index in [1.807, 2.05) is 0 Å². The minimum Gasteiger partial charge on any atom is -0.356 e. The maximum Gasteiger partial charge on any atom is 0.227 e. The first-order valence-electron chi connectivity index (χ1n) is 6.43. The van der Waals surface area contributed by atoms with Crippen molar-refractivity contribution in [3.63, 3.8) is 0 Å². The van der Waals surface area contributed by atoms with Crippen LogP contribution < -0.4 is 16.8 Å². The first kappa shape index (κ1) is 13.5. The number of carbonyl (C=O) groups is 1. The van der Waals surface area contributed by atoms with E-state index in [9.17, 15) is 4.79 Å². The molecule has 0 saturated heterocycles. The highest BCUT2D eigenvalue weighted by Gasteiger charge is 2.36. The molecular weight excluding hydrogens is 202 g/mol. The molecule has 0 atom stereocenters. The zero-order chi connectivity index (χ0) is 11.9. The summed E-state index contributed by atoms with van der Waals surface area (Å²) in [6.45, 7) is 1.77. The molecule has 1 saturated carbocycles. The van der Waals surface area contributed by atoms with Crippen LogP contribution in [0.15, 0.2) is 0 Å². The molecular formula is C12H25N3O. The highest BCUT2D eigenvalue weighted by molar-refractivity contribution is 5.82. The van der Waals surface area contributed by atoms with E-state index < -0.39 is 0 Å². The summed E-state index contributed by atoms with van der Waals surface area (Å²) in [5, 5.41) is 2.97. The van der Waals surface area contributed by atoms with Gasteiger partial charge < -0.3 is 16.8 Å². The minimum atomic E-state index is -0.300. The maximum atomic E-state index is 12.1. The summed E-state index contributed by atoms with van der Waals surface area (Å²) < 4.78 is 0. The standard InChI is InChI=1S/C12H25N3O/c13-8-5-9-15-11(16)12(10-14)6-3-1-2-4-7-12/h1-10,13-14H2,(H,15,16). The molecule has 0 bridgehead atoms. The maximum absolute atomic E-state index is 12.1. The molecule has 5 N–H and O–H groups in total. The molecule has 94 valence electrons. The Labute approximate surface area is 98.1 Å². The van der Waals surface area contributed by atoms with Gasteiger partial charge in [-0.3, -0.25) is 4.79 Å². The fraction of sp³-hybridized carbons (Fsp3) is 0.917. The summed E-state index contributed by atoms with van der Waals surface area (Å²) in [6, 6.07) is 0. The molecule has 0 radical (unpaired) electrons. The van der Waals surface area contributed by atoms with Gasteiger partial charge in [-0.1, -0.05) is 25.7 Å². The third kappa shape index (κ3) is 3.46. The molecule has 1 fully saturated rings. The van der Waals surface area contributed by atoms with Crippen LogP contribution in [0, 0.1) is 5.41 Å². The van der Waals surface area contributed by atoms with Gasteiger partial charge in [-0.2, -0.15) is 0 Å². The second-order valence-electron chi connectivity index (χ2n) is 4.80. The van der Waals surface area contributed by atoms with E-state index in [0.29, 0.717) is 19.6 Å². The van der Waals surface area contributed by atoms with E-state index in [-0.39, 0.29) is 11.3 Å². The Morgan fingerprint density at radius 2 is 1.75 bits per heavy atom. The summed E-state index contributed by atoms with van der Waals surface area (Å²) in [5.74, 6) is 0.144. The first-order valence-corrected chi connectivity index (χ1v) is 6.43. The third-order valence-electron chi connectivity index (χ3n) is 3.60. The smallest absolute Gasteiger partial charge is 0.227 e. The molecule has 4 nitrogen and oxygen atoms in total. The number of hydrogen-bond donors (Lipinski definition) is 3. The van der Waals surface area contributed by atoms with Crippen LogP contribution in [0.25, 0.3) is 0 Å². The Kier molecular flexibility index (Phi) is 5.77. The SMILES string of the molecule is NCCCNC(=O)C1(CN)CCCCCC1. The molecule has 1 aliphatic rings. The molecule has 16 heavy (non-hydrogen) atoms. The molecule has 4 heteroatoms. The largest absolute Gasteiger partial charge is 0.356 e. The van der Waals surface area contributed by atoms with Crippen LogP contribution in [0.2, 0.25) is 0 Å². The summed E-state index contributed by atoms with van der Waals surface area (Å²) in [7, 11) is 0. The predicted octanol–water partition coefficient (Wildman–Crippen LogP) is 0.751. The Morgan fingerprint density at radius 1 is 1.12 bits per heavy atom. The van der Waals surface area contributed by atoms with Gasteiger partial charge in [0.1, 0.15) is 0 Å². The molecule has 1 aliphatic carbocycles.